The van der Waals surface area contributed by atoms with E-state index >= 15 is 0 Å². The van der Waals surface area contributed by atoms with Gasteiger partial charge >= 0.3 is 0 Å². The summed E-state index contributed by atoms with van der Waals surface area (Å²) in [5.74, 6) is 1.28. The van der Waals surface area contributed by atoms with Crippen molar-refractivity contribution in [2.45, 2.75) is 0 Å². The molecule has 1 aromatic carbocycles. The Morgan fingerprint density at radius 2 is 2.00 bits per heavy atom. The van der Waals surface area contributed by atoms with Gasteiger partial charge in [0.15, 0.2) is 5.57 Å². The maximum absolute atomic E-state index is 9.24. The van der Waals surface area contributed by atoms with Gasteiger partial charge in [-0.3, -0.25) is 0 Å². The molecule has 1 aliphatic rings. The van der Waals surface area contributed by atoms with Crippen LogP contribution in [0.5, 0.6) is 5.75 Å². The topological polar surface area (TPSA) is 112 Å². The predicted molar refractivity (Wildman–Crippen MR) is 84.2 cm³/mol. The molecule has 0 N–H and O–H groups in total. The molecule has 116 valence electrons. The number of hydrogen-bond donors (Lipinski definition) is 0. The summed E-state index contributed by atoms with van der Waals surface area (Å²) in [6.45, 7) is 2.03. The van der Waals surface area contributed by atoms with Gasteiger partial charge in [0.1, 0.15) is 23.7 Å². The summed E-state index contributed by atoms with van der Waals surface area (Å²) in [5.41, 5.74) is 9.30. The first-order valence-electron chi connectivity index (χ1n) is 6.97. The van der Waals surface area contributed by atoms with E-state index in [1.165, 1.54) is 0 Å². The zero-order valence-electron chi connectivity index (χ0n) is 12.7. The van der Waals surface area contributed by atoms with E-state index in [9.17, 15) is 10.5 Å². The average Bonchev–Trinajstić information content (AvgIpc) is 3.00. The second-order valence-corrected chi connectivity index (χ2v) is 4.71. The molecule has 0 radical (unpaired) electrons. The van der Waals surface area contributed by atoms with Crippen LogP contribution in [-0.2, 0) is 0 Å². The van der Waals surface area contributed by atoms with Crippen LogP contribution in [0.3, 0.4) is 0 Å². The number of anilines is 1. The number of allylic oxidation sites excluding steroid dienone is 1. The van der Waals surface area contributed by atoms with E-state index in [1.807, 2.05) is 46.2 Å². The van der Waals surface area contributed by atoms with Gasteiger partial charge in [0, 0.05) is 36.8 Å². The molecule has 2 rings (SSSR count). The Hall–Kier alpha value is -3.35. The first-order chi connectivity index (χ1) is 11.2. The molecule has 1 fully saturated rings. The molecule has 0 aromatic heterocycles. The van der Waals surface area contributed by atoms with E-state index in [0.29, 0.717) is 25.5 Å². The van der Waals surface area contributed by atoms with Gasteiger partial charge in [-0.05, 0) is 29.8 Å². The summed E-state index contributed by atoms with van der Waals surface area (Å²) in [4.78, 5) is 6.53. The largest absolute Gasteiger partial charge is 0.497 e. The van der Waals surface area contributed by atoms with Crippen LogP contribution in [0.15, 0.2) is 40.8 Å². The second kappa shape index (κ2) is 7.60. The number of nitriles is 2. The van der Waals surface area contributed by atoms with Crippen molar-refractivity contribution in [1.82, 2.24) is 4.90 Å². The van der Waals surface area contributed by atoms with Crippen molar-refractivity contribution >= 4 is 5.69 Å². The molecular weight excluding hydrogens is 294 g/mol. The summed E-state index contributed by atoms with van der Waals surface area (Å²) in [6, 6.07) is 11.3. The van der Waals surface area contributed by atoms with Crippen molar-refractivity contribution in [2.75, 3.05) is 38.2 Å². The molecule has 0 aliphatic carbocycles. The minimum absolute atomic E-state index is 0.0410. The molecule has 8 heteroatoms. The van der Waals surface area contributed by atoms with Crippen molar-refractivity contribution in [3.05, 3.63) is 46.1 Å². The number of azide groups is 1. The first-order valence-corrected chi connectivity index (χ1v) is 6.97. The molecule has 1 aromatic rings. The number of benzene rings is 1. The van der Waals surface area contributed by atoms with E-state index in [2.05, 4.69) is 10.0 Å². The highest BCUT2D eigenvalue weighted by molar-refractivity contribution is 5.59. The lowest BCUT2D eigenvalue weighted by molar-refractivity contribution is 0.406. The molecule has 0 spiro atoms. The first kappa shape index (κ1) is 16.0. The van der Waals surface area contributed by atoms with Crippen LogP contribution in [0.1, 0.15) is 0 Å². The van der Waals surface area contributed by atoms with Gasteiger partial charge in [-0.25, -0.2) is 0 Å². The van der Waals surface area contributed by atoms with E-state index in [0.717, 1.165) is 11.4 Å². The fourth-order valence-corrected chi connectivity index (χ4v) is 2.46. The van der Waals surface area contributed by atoms with Crippen LogP contribution in [0.4, 0.5) is 5.69 Å². The van der Waals surface area contributed by atoms with Gasteiger partial charge in [0.05, 0.1) is 7.11 Å². The van der Waals surface area contributed by atoms with Gasteiger partial charge < -0.3 is 14.5 Å². The number of ether oxygens (including phenoxy) is 1. The fourth-order valence-electron chi connectivity index (χ4n) is 2.46. The Bertz CT molecular complexity index is 704. The van der Waals surface area contributed by atoms with E-state index in [4.69, 9.17) is 10.3 Å². The number of hydrogen-bond acceptors (Lipinski definition) is 6. The summed E-state index contributed by atoms with van der Waals surface area (Å²) < 4.78 is 5.14. The molecule has 0 unspecified atom stereocenters. The maximum Gasteiger partial charge on any atom is 0.170 e. The Morgan fingerprint density at radius 3 is 2.57 bits per heavy atom. The van der Waals surface area contributed by atoms with Crippen molar-refractivity contribution in [3.8, 4) is 17.9 Å². The quantitative estimate of drug-likeness (QED) is 0.359. The molecule has 23 heavy (non-hydrogen) atoms. The third kappa shape index (κ3) is 3.46. The van der Waals surface area contributed by atoms with Crippen LogP contribution in [0, 0.1) is 22.7 Å². The smallest absolute Gasteiger partial charge is 0.170 e. The molecule has 8 nitrogen and oxygen atoms in total. The van der Waals surface area contributed by atoms with Gasteiger partial charge in [0.25, 0.3) is 0 Å². The van der Waals surface area contributed by atoms with Crippen LogP contribution in [-0.4, -0.2) is 38.2 Å². The summed E-state index contributed by atoms with van der Waals surface area (Å²) in [5, 5.41) is 22.0. The van der Waals surface area contributed by atoms with Gasteiger partial charge in [0.2, 0.25) is 0 Å². The summed E-state index contributed by atoms with van der Waals surface area (Å²) in [7, 11) is 1.59. The van der Waals surface area contributed by atoms with E-state index < -0.39 is 0 Å². The number of rotatable bonds is 5. The van der Waals surface area contributed by atoms with E-state index in [-0.39, 0.29) is 12.1 Å². The number of methoxy groups -OCH3 is 1. The lowest BCUT2D eigenvalue weighted by Gasteiger charge is -2.24. The minimum Gasteiger partial charge on any atom is -0.497 e. The summed E-state index contributed by atoms with van der Waals surface area (Å²) in [6.07, 6.45) is 0. The van der Waals surface area contributed by atoms with Gasteiger partial charge in [-0.1, -0.05) is 5.11 Å². The van der Waals surface area contributed by atoms with Crippen LogP contribution >= 0.6 is 0 Å². The normalized spacial score (nSPS) is 13.1. The third-order valence-electron chi connectivity index (χ3n) is 3.51. The molecule has 1 aliphatic heterocycles. The molecule has 1 saturated heterocycles. The number of nitrogens with zero attached hydrogens (tertiary/aromatic N) is 7. The Morgan fingerprint density at radius 1 is 1.30 bits per heavy atom. The standard InChI is InChI=1S/C15H15N7O/c1-23-14-4-2-13(3-5-14)22-9-8-21(7-6-19-20-18)15(22)12(10-16)11-17/h2-5H,6-9H2,1H3. The van der Waals surface area contributed by atoms with Crippen molar-refractivity contribution in [1.29, 1.82) is 10.5 Å². The van der Waals surface area contributed by atoms with Crippen molar-refractivity contribution in [3.63, 3.8) is 0 Å². The maximum atomic E-state index is 9.24. The molecule has 1 heterocycles. The molecule has 0 bridgehead atoms. The Balaban J connectivity index is 2.35. The zero-order chi connectivity index (χ0) is 16.7. The highest BCUT2D eigenvalue weighted by Crippen LogP contribution is 2.29. The molecule has 0 saturated carbocycles. The monoisotopic (exact) mass is 309 g/mol. The van der Waals surface area contributed by atoms with Gasteiger partial charge in [-0.2, -0.15) is 10.5 Å². The third-order valence-corrected chi connectivity index (χ3v) is 3.51. The van der Waals surface area contributed by atoms with Crippen molar-refractivity contribution < 1.29 is 4.74 Å². The lowest BCUT2D eigenvalue weighted by Crippen LogP contribution is -2.26. The van der Waals surface area contributed by atoms with Crippen LogP contribution in [0.25, 0.3) is 10.4 Å². The van der Waals surface area contributed by atoms with Crippen molar-refractivity contribution in [2.24, 2.45) is 5.11 Å². The Kier molecular flexibility index (Phi) is 5.30. The predicted octanol–water partition coefficient (Wildman–Crippen LogP) is 2.39. The van der Waals surface area contributed by atoms with Crippen LogP contribution in [0.2, 0.25) is 0 Å². The lowest BCUT2D eigenvalue weighted by atomic mass is 10.2. The van der Waals surface area contributed by atoms with Crippen LogP contribution < -0.4 is 9.64 Å². The molecular formula is C15H15N7O. The minimum atomic E-state index is 0.0410. The fraction of sp³-hybridized carbons (Fsp3) is 0.333. The highest BCUT2D eigenvalue weighted by Gasteiger charge is 2.29. The summed E-state index contributed by atoms with van der Waals surface area (Å²) >= 11 is 0. The average molecular weight is 309 g/mol. The Labute approximate surface area is 134 Å². The highest BCUT2D eigenvalue weighted by atomic mass is 16.5. The molecule has 0 atom stereocenters. The molecule has 0 amide bonds. The second-order valence-electron chi connectivity index (χ2n) is 4.71. The zero-order valence-corrected chi connectivity index (χ0v) is 12.7. The van der Waals surface area contributed by atoms with Gasteiger partial charge in [-0.15, -0.1) is 0 Å². The SMILES string of the molecule is COc1ccc(N2CCN(CCN=[N+]=[N-])C2=C(C#N)C#N)cc1. The van der Waals surface area contributed by atoms with E-state index in [1.54, 1.807) is 7.11 Å².